The first kappa shape index (κ1) is 12.2. The van der Waals surface area contributed by atoms with Crippen molar-refractivity contribution in [2.75, 3.05) is 5.32 Å². The van der Waals surface area contributed by atoms with E-state index in [9.17, 15) is 14.9 Å². The van der Waals surface area contributed by atoms with Gasteiger partial charge in [-0.15, -0.1) is 0 Å². The predicted octanol–water partition coefficient (Wildman–Crippen LogP) is 2.61. The Morgan fingerprint density at radius 2 is 2.28 bits per heavy atom. The zero-order valence-electron chi connectivity index (χ0n) is 9.41. The maximum atomic E-state index is 11.8. The van der Waals surface area contributed by atoms with Gasteiger partial charge in [0.25, 0.3) is 5.91 Å². The van der Waals surface area contributed by atoms with Crippen molar-refractivity contribution in [1.29, 1.82) is 0 Å². The molecule has 6 nitrogen and oxygen atoms in total. The van der Waals surface area contributed by atoms with Crippen LogP contribution in [0.2, 0.25) is 0 Å². The van der Waals surface area contributed by atoms with E-state index < -0.39 is 4.92 Å². The van der Waals surface area contributed by atoms with Gasteiger partial charge in [-0.2, -0.15) is 0 Å². The Labute approximate surface area is 106 Å². The van der Waals surface area contributed by atoms with Gasteiger partial charge in [0.15, 0.2) is 5.13 Å². The number of nitrogens with zero attached hydrogens (tertiary/aromatic N) is 2. The van der Waals surface area contributed by atoms with Crippen LogP contribution >= 0.6 is 11.3 Å². The number of hydrogen-bond acceptors (Lipinski definition) is 5. The van der Waals surface area contributed by atoms with Crippen molar-refractivity contribution in [3.05, 3.63) is 51.7 Å². The molecule has 0 bridgehead atoms. The molecule has 7 heteroatoms. The van der Waals surface area contributed by atoms with Crippen LogP contribution < -0.4 is 5.32 Å². The van der Waals surface area contributed by atoms with Gasteiger partial charge < -0.3 is 0 Å². The predicted molar refractivity (Wildman–Crippen MR) is 67.9 cm³/mol. The van der Waals surface area contributed by atoms with Gasteiger partial charge in [-0.05, 0) is 30.4 Å². The van der Waals surface area contributed by atoms with Gasteiger partial charge in [-0.1, -0.05) is 17.7 Å². The van der Waals surface area contributed by atoms with E-state index in [-0.39, 0.29) is 16.0 Å². The summed E-state index contributed by atoms with van der Waals surface area (Å²) in [6.45, 7) is 1.88. The van der Waals surface area contributed by atoms with Crippen LogP contribution in [0.3, 0.4) is 0 Å². The van der Waals surface area contributed by atoms with Gasteiger partial charge in [0.1, 0.15) is 6.20 Å². The zero-order chi connectivity index (χ0) is 13.1. The van der Waals surface area contributed by atoms with Gasteiger partial charge >= 0.3 is 5.00 Å². The van der Waals surface area contributed by atoms with E-state index in [1.165, 1.54) is 0 Å². The van der Waals surface area contributed by atoms with E-state index in [4.69, 9.17) is 0 Å². The molecule has 18 heavy (non-hydrogen) atoms. The molecule has 0 spiro atoms. The third kappa shape index (κ3) is 2.69. The quantitative estimate of drug-likeness (QED) is 0.681. The third-order valence-corrected chi connectivity index (χ3v) is 3.04. The number of aromatic nitrogens is 1. The molecule has 92 valence electrons. The fourth-order valence-corrected chi connectivity index (χ4v) is 1.99. The van der Waals surface area contributed by atoms with Crippen LogP contribution in [0.4, 0.5) is 10.1 Å². The van der Waals surface area contributed by atoms with Crippen molar-refractivity contribution in [3.8, 4) is 0 Å². The molecule has 0 saturated carbocycles. The summed E-state index contributed by atoms with van der Waals surface area (Å²) >= 11 is 0.826. The highest BCUT2D eigenvalue weighted by atomic mass is 32.1. The Morgan fingerprint density at radius 3 is 2.89 bits per heavy atom. The van der Waals surface area contributed by atoms with Crippen molar-refractivity contribution in [2.45, 2.75) is 6.92 Å². The molecule has 0 aliphatic carbocycles. The number of anilines is 1. The summed E-state index contributed by atoms with van der Waals surface area (Å²) in [5.74, 6) is -0.331. The fraction of sp³-hybridized carbons (Fsp3) is 0.0909. The molecule has 1 heterocycles. The molecule has 0 aliphatic heterocycles. The molecular weight excluding hydrogens is 254 g/mol. The number of amides is 1. The first-order valence-corrected chi connectivity index (χ1v) is 5.86. The number of thiazole rings is 1. The molecule has 0 fully saturated rings. The molecule has 1 amide bonds. The molecule has 0 saturated heterocycles. The second-order valence-electron chi connectivity index (χ2n) is 3.58. The van der Waals surface area contributed by atoms with Gasteiger partial charge in [0.2, 0.25) is 0 Å². The molecule has 2 aromatic rings. The Morgan fingerprint density at radius 1 is 1.50 bits per heavy atom. The molecule has 0 aliphatic rings. The van der Waals surface area contributed by atoms with Crippen LogP contribution in [0.25, 0.3) is 0 Å². The van der Waals surface area contributed by atoms with Crippen LogP contribution in [0.1, 0.15) is 15.9 Å². The summed E-state index contributed by atoms with van der Waals surface area (Å²) < 4.78 is 0. The standard InChI is InChI=1S/C11H9N3O3S/c1-7-3-2-4-8(5-7)10(15)13-11-12-6-9(18-11)14(16)17/h2-6H,1H3,(H,12,13,15). The molecule has 1 aromatic heterocycles. The van der Waals surface area contributed by atoms with E-state index in [0.717, 1.165) is 23.1 Å². The Kier molecular flexibility index (Phi) is 3.33. The molecule has 0 atom stereocenters. The largest absolute Gasteiger partial charge is 0.345 e. The van der Waals surface area contributed by atoms with Crippen LogP contribution in [0, 0.1) is 17.0 Å². The van der Waals surface area contributed by atoms with E-state index >= 15 is 0 Å². The highest BCUT2D eigenvalue weighted by molar-refractivity contribution is 7.18. The lowest BCUT2D eigenvalue weighted by atomic mass is 10.1. The summed E-state index contributed by atoms with van der Waals surface area (Å²) in [6.07, 6.45) is 1.12. The highest BCUT2D eigenvalue weighted by Crippen LogP contribution is 2.25. The van der Waals surface area contributed by atoms with Crippen LogP contribution in [-0.2, 0) is 0 Å². The number of rotatable bonds is 3. The topological polar surface area (TPSA) is 85.1 Å². The SMILES string of the molecule is Cc1cccc(C(=O)Nc2ncc([N+](=O)[O-])s2)c1. The molecule has 1 N–H and O–H groups in total. The number of hydrogen-bond donors (Lipinski definition) is 1. The van der Waals surface area contributed by atoms with Gasteiger partial charge in [0.05, 0.1) is 4.92 Å². The van der Waals surface area contributed by atoms with Gasteiger partial charge in [0, 0.05) is 5.56 Å². The number of aryl methyl sites for hydroxylation is 1. The normalized spacial score (nSPS) is 10.1. The minimum Gasteiger partial charge on any atom is -0.298 e. The van der Waals surface area contributed by atoms with Crippen LogP contribution in [0.15, 0.2) is 30.5 Å². The maximum Gasteiger partial charge on any atom is 0.345 e. The third-order valence-electron chi connectivity index (χ3n) is 2.17. The van der Waals surface area contributed by atoms with Crippen LogP contribution in [-0.4, -0.2) is 15.8 Å². The van der Waals surface area contributed by atoms with E-state index in [2.05, 4.69) is 10.3 Å². The van der Waals surface area contributed by atoms with E-state index in [0.29, 0.717) is 5.56 Å². The molecule has 0 radical (unpaired) electrons. The second kappa shape index (κ2) is 4.92. The van der Waals surface area contributed by atoms with E-state index in [1.54, 1.807) is 18.2 Å². The number of nitro groups is 1. The van der Waals surface area contributed by atoms with E-state index in [1.807, 2.05) is 13.0 Å². The lowest BCUT2D eigenvalue weighted by Gasteiger charge is -2.01. The second-order valence-corrected chi connectivity index (χ2v) is 4.59. The summed E-state index contributed by atoms with van der Waals surface area (Å²) in [5, 5.41) is 13.1. The highest BCUT2D eigenvalue weighted by Gasteiger charge is 2.14. The molecule has 1 aromatic carbocycles. The lowest BCUT2D eigenvalue weighted by Crippen LogP contribution is -2.11. The Hall–Kier alpha value is -2.28. The Balaban J connectivity index is 2.13. The van der Waals surface area contributed by atoms with Crippen molar-refractivity contribution in [1.82, 2.24) is 4.98 Å². The van der Waals surface area contributed by atoms with Crippen molar-refractivity contribution < 1.29 is 9.72 Å². The van der Waals surface area contributed by atoms with Gasteiger partial charge in [-0.3, -0.25) is 20.2 Å². The van der Waals surface area contributed by atoms with Crippen molar-refractivity contribution >= 4 is 27.4 Å². The summed E-state index contributed by atoms with van der Waals surface area (Å²) in [5.41, 5.74) is 1.46. The molecule has 0 unspecified atom stereocenters. The number of nitrogens with one attached hydrogen (secondary N) is 1. The zero-order valence-corrected chi connectivity index (χ0v) is 10.2. The van der Waals surface area contributed by atoms with Crippen molar-refractivity contribution in [3.63, 3.8) is 0 Å². The number of benzene rings is 1. The summed E-state index contributed by atoms with van der Waals surface area (Å²) in [6, 6.07) is 7.06. The monoisotopic (exact) mass is 263 g/mol. The first-order chi connectivity index (χ1) is 8.56. The Bertz CT molecular complexity index is 609. The minimum absolute atomic E-state index is 0.102. The smallest absolute Gasteiger partial charge is 0.298 e. The number of carbonyl (C=O) groups excluding carboxylic acids is 1. The van der Waals surface area contributed by atoms with Crippen molar-refractivity contribution in [2.24, 2.45) is 0 Å². The summed E-state index contributed by atoms with van der Waals surface area (Å²) in [7, 11) is 0. The number of carbonyl (C=O) groups is 1. The maximum absolute atomic E-state index is 11.8. The average Bonchev–Trinajstić information content (AvgIpc) is 2.77. The average molecular weight is 263 g/mol. The van der Waals surface area contributed by atoms with Crippen LogP contribution in [0.5, 0.6) is 0 Å². The first-order valence-electron chi connectivity index (χ1n) is 5.04. The molecular formula is C11H9N3O3S. The molecule has 2 rings (SSSR count). The lowest BCUT2D eigenvalue weighted by molar-refractivity contribution is -0.380. The minimum atomic E-state index is -0.542. The summed E-state index contributed by atoms with van der Waals surface area (Å²) in [4.78, 5) is 25.5. The van der Waals surface area contributed by atoms with Gasteiger partial charge in [-0.25, -0.2) is 4.98 Å². The fourth-order valence-electron chi connectivity index (χ4n) is 1.36.